The summed E-state index contributed by atoms with van der Waals surface area (Å²) in [5.41, 5.74) is 3.87. The summed E-state index contributed by atoms with van der Waals surface area (Å²) in [7, 11) is 0. The Morgan fingerprint density at radius 2 is 1.88 bits per heavy atom. The lowest BCUT2D eigenvalue weighted by Crippen LogP contribution is -2.55. The molecule has 0 bridgehead atoms. The molecule has 1 saturated heterocycles. The zero-order chi connectivity index (χ0) is 24.1. The number of rotatable bonds is 3. The highest BCUT2D eigenvalue weighted by Gasteiger charge is 2.64. The van der Waals surface area contributed by atoms with Crippen molar-refractivity contribution in [3.05, 3.63) is 64.2 Å². The zero-order valence-electron chi connectivity index (χ0n) is 20.1. The van der Waals surface area contributed by atoms with Crippen LogP contribution in [0.4, 0.5) is 10.5 Å². The van der Waals surface area contributed by atoms with Gasteiger partial charge in [-0.2, -0.15) is 0 Å². The van der Waals surface area contributed by atoms with Crippen LogP contribution in [0.2, 0.25) is 5.02 Å². The molecule has 3 aliphatic rings. The molecule has 1 spiro atoms. The van der Waals surface area contributed by atoms with Gasteiger partial charge in [-0.05, 0) is 62.9 Å². The molecule has 1 N–H and O–H groups in total. The summed E-state index contributed by atoms with van der Waals surface area (Å²) in [6.45, 7) is 7.22. The number of carbonyl (C=O) groups excluding carboxylic acids is 2. The second-order valence-electron chi connectivity index (χ2n) is 10.4. The van der Waals surface area contributed by atoms with Crippen molar-refractivity contribution in [3.8, 4) is 0 Å². The number of thioether (sulfide) groups is 1. The van der Waals surface area contributed by atoms with E-state index < -0.39 is 4.87 Å². The van der Waals surface area contributed by atoms with Gasteiger partial charge in [0.25, 0.3) is 5.91 Å². The van der Waals surface area contributed by atoms with Gasteiger partial charge in [0.2, 0.25) is 0 Å². The molecule has 34 heavy (non-hydrogen) atoms. The van der Waals surface area contributed by atoms with Crippen LogP contribution in [0.25, 0.3) is 0 Å². The maximum atomic E-state index is 14.3. The van der Waals surface area contributed by atoms with Crippen LogP contribution in [-0.2, 0) is 16.2 Å². The fraction of sp³-hybridized carbons (Fsp3) is 0.481. The lowest BCUT2D eigenvalue weighted by atomic mass is 9.95. The molecular formula is C27H32ClN3O2S. The third kappa shape index (κ3) is 3.99. The number of urea groups is 1. The molecule has 180 valence electrons. The van der Waals surface area contributed by atoms with Crippen LogP contribution in [0, 0.1) is 6.92 Å². The predicted octanol–water partition coefficient (Wildman–Crippen LogP) is 6.22. The number of fused-ring (bicyclic) bond motifs is 2. The fourth-order valence-electron chi connectivity index (χ4n) is 5.59. The molecular weight excluding hydrogens is 466 g/mol. The largest absolute Gasteiger partial charge is 0.335 e. The van der Waals surface area contributed by atoms with Crippen molar-refractivity contribution >= 4 is 41.0 Å². The molecule has 0 aromatic heterocycles. The van der Waals surface area contributed by atoms with Crippen LogP contribution in [0.1, 0.15) is 62.6 Å². The van der Waals surface area contributed by atoms with Gasteiger partial charge < -0.3 is 10.2 Å². The average Bonchev–Trinajstić information content (AvgIpc) is 3.22. The standard InChI is InChI=1S/C27H32ClN3O2S/c1-18-9-7-8-10-19(18)16-30-23-14-13-20(28)15-22(23)27(24(30)32)31(17-26(2,3)34-27)25(33)29-21-11-5-4-6-12-21/h7-10,13-15,21H,4-6,11-12,16-17H2,1-3H3,(H,29,33). The second kappa shape index (κ2) is 8.80. The quantitative estimate of drug-likeness (QED) is 0.547. The molecule has 2 fully saturated rings. The van der Waals surface area contributed by atoms with Crippen molar-refractivity contribution in [1.82, 2.24) is 10.2 Å². The first-order chi connectivity index (χ1) is 16.2. The molecule has 3 amide bonds. The average molecular weight is 498 g/mol. The number of anilines is 1. The summed E-state index contributed by atoms with van der Waals surface area (Å²) in [4.78, 5) is 30.6. The Morgan fingerprint density at radius 3 is 2.62 bits per heavy atom. The van der Waals surface area contributed by atoms with Crippen LogP contribution < -0.4 is 10.2 Å². The van der Waals surface area contributed by atoms with Gasteiger partial charge in [0.1, 0.15) is 0 Å². The highest BCUT2D eigenvalue weighted by Crippen LogP contribution is 2.60. The zero-order valence-corrected chi connectivity index (χ0v) is 21.6. The number of nitrogens with zero attached hydrogens (tertiary/aromatic N) is 2. The first-order valence-corrected chi connectivity index (χ1v) is 13.4. The van der Waals surface area contributed by atoms with E-state index in [4.69, 9.17) is 11.6 Å². The van der Waals surface area contributed by atoms with Crippen LogP contribution in [0.5, 0.6) is 0 Å². The fourth-order valence-corrected chi connectivity index (χ4v) is 7.48. The van der Waals surface area contributed by atoms with E-state index in [-0.39, 0.29) is 22.7 Å². The first kappa shape index (κ1) is 23.6. The van der Waals surface area contributed by atoms with Crippen molar-refractivity contribution in [3.63, 3.8) is 0 Å². The number of hydrogen-bond donors (Lipinski definition) is 1. The Balaban J connectivity index is 1.56. The summed E-state index contributed by atoms with van der Waals surface area (Å²) >= 11 is 8.03. The summed E-state index contributed by atoms with van der Waals surface area (Å²) in [5.74, 6) is -0.0672. The lowest BCUT2D eigenvalue weighted by molar-refractivity contribution is -0.123. The van der Waals surface area contributed by atoms with Gasteiger partial charge >= 0.3 is 6.03 Å². The Kier molecular flexibility index (Phi) is 6.09. The summed E-state index contributed by atoms with van der Waals surface area (Å²) in [6.07, 6.45) is 5.49. The molecule has 7 heteroatoms. The van der Waals surface area contributed by atoms with E-state index >= 15 is 0 Å². The second-order valence-corrected chi connectivity index (χ2v) is 12.7. The van der Waals surface area contributed by atoms with E-state index in [9.17, 15) is 9.59 Å². The third-order valence-electron chi connectivity index (χ3n) is 7.26. The van der Waals surface area contributed by atoms with Gasteiger partial charge in [0.05, 0.1) is 12.2 Å². The van der Waals surface area contributed by atoms with Gasteiger partial charge in [0.15, 0.2) is 4.87 Å². The Labute approximate surface area is 211 Å². The molecule has 1 atom stereocenters. The topological polar surface area (TPSA) is 52.7 Å². The van der Waals surface area contributed by atoms with Crippen molar-refractivity contribution in [2.45, 2.75) is 75.1 Å². The van der Waals surface area contributed by atoms with Crippen molar-refractivity contribution in [2.24, 2.45) is 0 Å². The SMILES string of the molecule is Cc1ccccc1CN1C(=O)C2(SC(C)(C)CN2C(=O)NC2CCCCC2)c2cc(Cl)ccc21. The van der Waals surface area contributed by atoms with E-state index in [0.717, 1.165) is 48.1 Å². The van der Waals surface area contributed by atoms with Gasteiger partial charge in [-0.15, -0.1) is 11.8 Å². The normalized spacial score (nSPS) is 24.1. The number of hydrogen-bond acceptors (Lipinski definition) is 3. The highest BCUT2D eigenvalue weighted by atomic mass is 35.5. The lowest BCUT2D eigenvalue weighted by Gasteiger charge is -2.35. The van der Waals surface area contributed by atoms with Gasteiger partial charge in [-0.1, -0.05) is 55.1 Å². The molecule has 5 nitrogen and oxygen atoms in total. The number of benzene rings is 2. The summed E-state index contributed by atoms with van der Waals surface area (Å²) < 4.78 is -0.280. The number of carbonyl (C=O) groups is 2. The number of aryl methyl sites for hydroxylation is 1. The first-order valence-electron chi connectivity index (χ1n) is 12.2. The van der Waals surface area contributed by atoms with Crippen molar-refractivity contribution in [2.75, 3.05) is 11.4 Å². The molecule has 1 unspecified atom stereocenters. The van der Waals surface area contributed by atoms with Gasteiger partial charge in [0, 0.05) is 27.9 Å². The Hall–Kier alpha value is -2.18. The molecule has 0 radical (unpaired) electrons. The minimum absolute atomic E-state index is 0.0672. The molecule has 2 aromatic carbocycles. The van der Waals surface area contributed by atoms with E-state index in [1.807, 2.05) is 35.2 Å². The molecule has 2 aromatic rings. The molecule has 2 heterocycles. The predicted molar refractivity (Wildman–Crippen MR) is 139 cm³/mol. The van der Waals surface area contributed by atoms with E-state index in [1.54, 1.807) is 16.7 Å². The number of nitrogens with one attached hydrogen (secondary N) is 1. The summed E-state index contributed by atoms with van der Waals surface area (Å²) in [5, 5.41) is 3.83. The molecule has 1 saturated carbocycles. The van der Waals surface area contributed by atoms with Crippen LogP contribution >= 0.6 is 23.4 Å². The Bertz CT molecular complexity index is 1130. The van der Waals surface area contributed by atoms with Crippen molar-refractivity contribution in [1.29, 1.82) is 0 Å². The molecule has 1 aliphatic carbocycles. The number of amides is 3. The van der Waals surface area contributed by atoms with E-state index in [1.165, 1.54) is 6.42 Å². The maximum Gasteiger partial charge on any atom is 0.319 e. The van der Waals surface area contributed by atoms with E-state index in [0.29, 0.717) is 18.1 Å². The minimum atomic E-state index is -1.12. The van der Waals surface area contributed by atoms with Crippen molar-refractivity contribution < 1.29 is 9.59 Å². The minimum Gasteiger partial charge on any atom is -0.335 e. The van der Waals surface area contributed by atoms with Crippen LogP contribution in [0.3, 0.4) is 0 Å². The van der Waals surface area contributed by atoms with E-state index in [2.05, 4.69) is 38.2 Å². The van der Waals surface area contributed by atoms with Gasteiger partial charge in [-0.25, -0.2) is 4.79 Å². The molecule has 5 rings (SSSR count). The summed E-state index contributed by atoms with van der Waals surface area (Å²) in [6, 6.07) is 13.8. The van der Waals surface area contributed by atoms with Crippen LogP contribution in [-0.4, -0.2) is 34.2 Å². The highest BCUT2D eigenvalue weighted by molar-refractivity contribution is 8.02. The molecule has 2 aliphatic heterocycles. The van der Waals surface area contributed by atoms with Gasteiger partial charge in [-0.3, -0.25) is 9.69 Å². The Morgan fingerprint density at radius 1 is 1.15 bits per heavy atom. The monoisotopic (exact) mass is 497 g/mol. The van der Waals surface area contributed by atoms with Crippen LogP contribution in [0.15, 0.2) is 42.5 Å². The number of halogens is 1. The smallest absolute Gasteiger partial charge is 0.319 e. The third-order valence-corrected chi connectivity index (χ3v) is 9.09. The maximum absolute atomic E-state index is 14.3.